The highest BCUT2D eigenvalue weighted by Gasteiger charge is 2.33. The number of carbonyl (C=O) groups is 5. The van der Waals surface area contributed by atoms with Crippen molar-refractivity contribution in [2.75, 3.05) is 36.2 Å². The molecule has 0 spiro atoms. The molecule has 2 amide bonds. The number of hydrogen-bond donors (Lipinski definition) is 2. The summed E-state index contributed by atoms with van der Waals surface area (Å²) in [5, 5.41) is 13.9. The number of hydrogen-bond acceptors (Lipinski definition) is 13. The summed E-state index contributed by atoms with van der Waals surface area (Å²) in [6.07, 6.45) is 24.8. The van der Waals surface area contributed by atoms with E-state index in [0.717, 1.165) is 61.4 Å². The molecule has 4 aromatic rings. The van der Waals surface area contributed by atoms with Crippen molar-refractivity contribution >= 4 is 76.1 Å². The van der Waals surface area contributed by atoms with Crippen molar-refractivity contribution in [3.05, 3.63) is 99.2 Å². The van der Waals surface area contributed by atoms with Gasteiger partial charge in [0.05, 0.1) is 64.3 Å². The third-order valence-corrected chi connectivity index (χ3v) is 13.5. The normalized spacial score (nSPS) is 11.5. The van der Waals surface area contributed by atoms with E-state index in [1.807, 2.05) is 0 Å². The van der Waals surface area contributed by atoms with Crippen molar-refractivity contribution in [3.63, 3.8) is 0 Å². The van der Waals surface area contributed by atoms with Gasteiger partial charge in [-0.1, -0.05) is 188 Å². The lowest BCUT2D eigenvalue weighted by Gasteiger charge is -2.20. The molecule has 0 fully saturated rings. The summed E-state index contributed by atoms with van der Waals surface area (Å²) in [4.78, 5) is 77.8. The Morgan fingerprint density at radius 3 is 1.66 bits per heavy atom. The van der Waals surface area contributed by atoms with Gasteiger partial charge in [-0.05, 0) is 73.4 Å². The number of nitrogens with zero attached hydrogens (tertiary/aromatic N) is 3. The largest absolute Gasteiger partial charge is 0.462 e. The fourth-order valence-corrected chi connectivity index (χ4v) is 8.78. The van der Waals surface area contributed by atoms with Gasteiger partial charge in [0.15, 0.2) is 0 Å². The van der Waals surface area contributed by atoms with Crippen LogP contribution in [0, 0.1) is 0 Å². The van der Waals surface area contributed by atoms with Crippen LogP contribution in [0.4, 0.5) is 11.4 Å². The first-order chi connectivity index (χ1) is 35.5. The second-order valence-electron chi connectivity index (χ2n) is 17.9. The van der Waals surface area contributed by atoms with E-state index >= 15 is 0 Å². The fourth-order valence-electron chi connectivity index (χ4n) is 7.71. The highest BCUT2D eigenvalue weighted by atomic mass is 35.5. The predicted octanol–water partition coefficient (Wildman–Crippen LogP) is 13.9. The Morgan fingerprint density at radius 1 is 0.562 bits per heavy atom. The molecule has 0 aliphatic carbocycles. The number of unbranched alkanes of at least 4 members (excludes halogenated alkanes) is 18. The number of benzene rings is 3. The van der Waals surface area contributed by atoms with E-state index in [9.17, 15) is 24.0 Å². The van der Waals surface area contributed by atoms with E-state index in [4.69, 9.17) is 47.2 Å². The molecule has 15 nitrogen and oxygen atoms in total. The summed E-state index contributed by atoms with van der Waals surface area (Å²) >= 11 is 14.1. The van der Waals surface area contributed by atoms with Crippen LogP contribution in [0.25, 0.3) is 0 Å². The number of thioether (sulfide) groups is 1. The van der Waals surface area contributed by atoms with Gasteiger partial charge in [-0.25, -0.2) is 24.0 Å². The van der Waals surface area contributed by atoms with Gasteiger partial charge < -0.3 is 24.8 Å². The van der Waals surface area contributed by atoms with Gasteiger partial charge in [-0.15, -0.1) is 5.10 Å². The van der Waals surface area contributed by atoms with Gasteiger partial charge in [0.25, 0.3) is 11.8 Å². The molecule has 1 unspecified atom stereocenters. The molecule has 1 aromatic heterocycles. The van der Waals surface area contributed by atoms with Crippen molar-refractivity contribution < 1.29 is 48.0 Å². The van der Waals surface area contributed by atoms with Crippen LogP contribution in [0.1, 0.15) is 187 Å². The van der Waals surface area contributed by atoms with E-state index in [-0.39, 0.29) is 64.2 Å². The van der Waals surface area contributed by atoms with Crippen molar-refractivity contribution in [3.8, 4) is 0 Å². The molecule has 73 heavy (non-hydrogen) atoms. The minimum atomic E-state index is -1.75. The predicted molar refractivity (Wildman–Crippen MR) is 287 cm³/mol. The fraction of sp³-hybridized carbons (Fsp3) is 0.545. The number of esters is 3. The monoisotopic (exact) mass is 1070 g/mol. The zero-order valence-corrected chi connectivity index (χ0v) is 45.2. The third kappa shape index (κ3) is 23.4. The highest BCUT2D eigenvalue weighted by molar-refractivity contribution is 7.99. The van der Waals surface area contributed by atoms with Gasteiger partial charge in [0.1, 0.15) is 18.2 Å². The molecule has 0 saturated carbocycles. The van der Waals surface area contributed by atoms with E-state index in [2.05, 4.69) is 34.8 Å². The molecule has 18 heteroatoms. The summed E-state index contributed by atoms with van der Waals surface area (Å²) in [6, 6.07) is 14.0. The van der Waals surface area contributed by atoms with Crippen molar-refractivity contribution in [1.82, 2.24) is 15.0 Å². The first-order valence-corrected chi connectivity index (χ1v) is 27.8. The first kappa shape index (κ1) is 60.6. The Balaban J connectivity index is 1.40. The third-order valence-electron chi connectivity index (χ3n) is 11.9. The number of ether oxygens (including phenoxy) is 3. The molecule has 0 saturated heterocycles. The Labute approximate surface area is 445 Å². The molecule has 4 rings (SSSR count). The quantitative estimate of drug-likeness (QED) is 0.00822. The molecule has 0 aliphatic heterocycles. The maximum absolute atomic E-state index is 14.4. The van der Waals surface area contributed by atoms with Crippen LogP contribution in [-0.4, -0.2) is 70.3 Å². The standard InChI is InChI=1S/C55H75Cl2N5O10S/c1-4-7-9-11-13-15-17-19-21-23-33-69-55(67)44-30-32-46(57)48(36-44)60-53(65)51(62-49(37-58-61-62)73-40-50(63)70-38-41-25-28-43(29-26-41)54(66)68-6-3)52(64)59-47-35-42(27-31-45(47)56)39-72-71-34-24-22-20-18-16-14-12-10-8-5-2/h25-32,35-37,51H,4-24,33-34,38-40H2,1-3H3,(H,59,64)(H,60,65). The molecule has 0 radical (unpaired) electrons. The molecule has 1 heterocycles. The maximum Gasteiger partial charge on any atom is 0.338 e. The summed E-state index contributed by atoms with van der Waals surface area (Å²) in [7, 11) is 0. The molecule has 400 valence electrons. The summed E-state index contributed by atoms with van der Waals surface area (Å²) in [6.45, 7) is 7.09. The minimum absolute atomic E-state index is 0.0426. The summed E-state index contributed by atoms with van der Waals surface area (Å²) < 4.78 is 17.1. The smallest absolute Gasteiger partial charge is 0.338 e. The van der Waals surface area contributed by atoms with Crippen molar-refractivity contribution in [1.29, 1.82) is 0 Å². The lowest BCUT2D eigenvalue weighted by molar-refractivity contribution is -0.304. The number of halogens is 2. The topological polar surface area (TPSA) is 186 Å². The van der Waals surface area contributed by atoms with Crippen LogP contribution in [0.2, 0.25) is 10.0 Å². The molecule has 1 atom stereocenters. The summed E-state index contributed by atoms with van der Waals surface area (Å²) in [5.41, 5.74) is 2.02. The average molecular weight is 1070 g/mol. The average Bonchev–Trinajstić information content (AvgIpc) is 3.85. The molecule has 0 aliphatic rings. The van der Waals surface area contributed by atoms with Crippen LogP contribution < -0.4 is 10.6 Å². The van der Waals surface area contributed by atoms with Gasteiger partial charge >= 0.3 is 17.9 Å². The lowest BCUT2D eigenvalue weighted by Crippen LogP contribution is -2.37. The van der Waals surface area contributed by atoms with E-state index in [0.29, 0.717) is 23.3 Å². The number of rotatable bonds is 38. The maximum atomic E-state index is 14.4. The van der Waals surface area contributed by atoms with Crippen LogP contribution in [-0.2, 0) is 51.6 Å². The minimum Gasteiger partial charge on any atom is -0.462 e. The van der Waals surface area contributed by atoms with Gasteiger partial charge in [-0.2, -0.15) is 0 Å². The lowest BCUT2D eigenvalue weighted by atomic mass is 10.1. The van der Waals surface area contributed by atoms with Gasteiger partial charge in [-0.3, -0.25) is 14.4 Å². The van der Waals surface area contributed by atoms with Crippen LogP contribution >= 0.6 is 35.0 Å². The number of amides is 2. The first-order valence-electron chi connectivity index (χ1n) is 26.1. The van der Waals surface area contributed by atoms with E-state index in [1.165, 1.54) is 108 Å². The molecule has 0 bridgehead atoms. The van der Waals surface area contributed by atoms with E-state index < -0.39 is 35.8 Å². The van der Waals surface area contributed by atoms with Crippen molar-refractivity contribution in [2.24, 2.45) is 0 Å². The SMILES string of the molecule is CCCCCCCCCCCCOOCc1ccc(Cl)c(NC(=O)C(C(=O)Nc2cc(C(=O)OCCCCCCCCCCCC)ccc2Cl)n2nncc2SCC(=O)OCc2ccc(C(=O)OCC)cc2)c1. The Morgan fingerprint density at radius 2 is 1.07 bits per heavy atom. The Hall–Kier alpha value is -5.00. The molecular weight excluding hydrogens is 994 g/mol. The highest BCUT2D eigenvalue weighted by Crippen LogP contribution is 2.29. The Bertz CT molecular complexity index is 2280. The number of aromatic nitrogens is 3. The Kier molecular flexibility index (Phi) is 29.9. The number of anilines is 2. The van der Waals surface area contributed by atoms with Crippen LogP contribution in [0.5, 0.6) is 0 Å². The molecule has 2 N–H and O–H groups in total. The van der Waals surface area contributed by atoms with Gasteiger partial charge in [0.2, 0.25) is 6.04 Å². The van der Waals surface area contributed by atoms with Crippen LogP contribution in [0.15, 0.2) is 71.9 Å². The van der Waals surface area contributed by atoms with Crippen LogP contribution in [0.3, 0.4) is 0 Å². The van der Waals surface area contributed by atoms with Crippen molar-refractivity contribution in [2.45, 2.75) is 173 Å². The zero-order valence-electron chi connectivity index (χ0n) is 42.9. The molecule has 3 aromatic carbocycles. The van der Waals surface area contributed by atoms with E-state index in [1.54, 1.807) is 49.4 Å². The second kappa shape index (κ2) is 36.0. The number of carbonyl (C=O) groups excluding carboxylic acids is 5. The number of nitrogens with one attached hydrogen (secondary N) is 2. The second-order valence-corrected chi connectivity index (χ2v) is 19.7. The zero-order chi connectivity index (χ0) is 52.5. The van der Waals surface area contributed by atoms with Gasteiger partial charge in [0, 0.05) is 0 Å². The summed E-state index contributed by atoms with van der Waals surface area (Å²) in [5.74, 6) is -3.66. The molecular formula is C55H75Cl2N5O10S.